The average molecular weight is 1700 g/mol. The molecule has 1 heterocycles. The minimum atomic E-state index is -2.39. The van der Waals surface area contributed by atoms with Crippen molar-refractivity contribution in [2.75, 3.05) is 24.6 Å². The van der Waals surface area contributed by atoms with Crippen LogP contribution in [0.2, 0.25) is 103 Å². The molecule has 1 aliphatic heterocycles. The number of thioether (sulfide) groups is 3. The standard InChI is InChI=1S/C55H94O8S2Si3.C12H34N2O2Si3.C10H10O2.C10H18OS/c1-11-13-15-23-33-51(65-39-37-55(59)61-45-49-30-21-17-22-31-49)43-47(4)53(57)35-25-27-41-67(7,8)63-68(9,10)62-66(5,6)40-26-24-34-52(56)46(3)42-50(32-18-14-12-2)64-38-36-54(58)60-44-48-28-19-16-20-29-48;1-17(2,11-7-9-13)15-19(5,6)16-18(3,4)12-8-10-14;1-2-10(11)12-8-9-6-4-3-5-7-9;1-3-4-5-6-9-7-8(2)10(11)12-9/h16-17,19-22,28-31,46-47,50-51H,11-15,18,23-27,32-45H2,1-10H3;7-14H2,1-6H3;2-7H,1,8H2;8-9H,3-7H2,1-2H3. The lowest BCUT2D eigenvalue weighted by molar-refractivity contribution is -0.145. The molecule has 15 nitrogen and oxygen atoms in total. The molecular weight excluding hydrogens is 1550 g/mol. The molecule has 3 aromatic rings. The first-order chi connectivity index (χ1) is 52.4. The highest BCUT2D eigenvalue weighted by Crippen LogP contribution is 2.36. The number of ether oxygens (including phenoxy) is 3. The Balaban J connectivity index is 0.00000113. The van der Waals surface area contributed by atoms with Crippen molar-refractivity contribution in [1.29, 1.82) is 0 Å². The van der Waals surface area contributed by atoms with Gasteiger partial charge in [0.15, 0.2) is 38.4 Å². The second-order valence-electron chi connectivity index (χ2n) is 33.8. The highest BCUT2D eigenvalue weighted by atomic mass is 32.2. The largest absolute Gasteiger partial charge is 0.461 e. The first kappa shape index (κ1) is 106. The summed E-state index contributed by atoms with van der Waals surface area (Å²) in [6.45, 7) is 45.6. The van der Waals surface area contributed by atoms with Crippen LogP contribution in [0, 0.1) is 17.8 Å². The smallest absolute Gasteiger partial charge is 0.330 e. The molecule has 3 aromatic carbocycles. The lowest BCUT2D eigenvalue weighted by Gasteiger charge is -2.39. The predicted molar refractivity (Wildman–Crippen MR) is 489 cm³/mol. The topological polar surface area (TPSA) is 219 Å². The number of nitrogens with two attached hydrogens (primary N) is 2. The third-order valence-corrected chi connectivity index (χ3v) is 46.4. The van der Waals surface area contributed by atoms with Gasteiger partial charge in [0.05, 0.1) is 12.8 Å². The van der Waals surface area contributed by atoms with Gasteiger partial charge in [-0.3, -0.25) is 24.0 Å². The quantitative estimate of drug-likeness (QED) is 0.0176. The molecule has 0 amide bonds. The summed E-state index contributed by atoms with van der Waals surface area (Å²) in [5, 5.41) is 1.79. The number of Topliss-reactive ketones (excluding diaryl/α,β-unsaturated/α-hetero) is 2. The van der Waals surface area contributed by atoms with E-state index >= 15 is 0 Å². The van der Waals surface area contributed by atoms with Crippen molar-refractivity contribution in [2.24, 2.45) is 29.2 Å². The van der Waals surface area contributed by atoms with E-state index < -0.39 is 50.4 Å². The first-order valence-corrected chi connectivity index (χ1v) is 63.4. The van der Waals surface area contributed by atoms with Gasteiger partial charge in [-0.25, -0.2) is 4.79 Å². The van der Waals surface area contributed by atoms with E-state index in [9.17, 15) is 28.8 Å². The van der Waals surface area contributed by atoms with Crippen LogP contribution in [0.25, 0.3) is 0 Å². The van der Waals surface area contributed by atoms with E-state index in [1.54, 1.807) is 11.8 Å². The minimum Gasteiger partial charge on any atom is -0.461 e. The summed E-state index contributed by atoms with van der Waals surface area (Å²) in [6.07, 6.45) is 27.4. The summed E-state index contributed by atoms with van der Waals surface area (Å²) in [4.78, 5) is 73.5. The number of hydrogen-bond donors (Lipinski definition) is 2. The van der Waals surface area contributed by atoms with E-state index in [0.717, 1.165) is 161 Å². The molecule has 0 bridgehead atoms. The fourth-order valence-electron chi connectivity index (χ4n) is 13.8. The predicted octanol–water partition coefficient (Wildman–Crippen LogP) is 23.7. The zero-order valence-corrected chi connectivity index (χ0v) is 81.2. The monoisotopic (exact) mass is 1700 g/mol. The average Bonchev–Trinajstić information content (AvgIpc) is 1.18. The van der Waals surface area contributed by atoms with E-state index in [1.165, 1.54) is 51.4 Å². The fourth-order valence-corrected chi connectivity index (χ4v) is 46.2. The number of ketones is 2. The summed E-state index contributed by atoms with van der Waals surface area (Å²) in [5.41, 5.74) is 14.2. The number of carbonyl (C=O) groups is 6. The van der Waals surface area contributed by atoms with E-state index in [-0.39, 0.29) is 29.7 Å². The maximum Gasteiger partial charge on any atom is 0.330 e. The van der Waals surface area contributed by atoms with Crippen molar-refractivity contribution in [2.45, 2.75) is 347 Å². The van der Waals surface area contributed by atoms with Gasteiger partial charge in [0.25, 0.3) is 0 Å². The third-order valence-electron chi connectivity index (χ3n) is 19.4. The molecule has 1 aliphatic rings. The fraction of sp³-hybridized carbons (Fsp3) is 0.701. The van der Waals surface area contributed by atoms with Crippen LogP contribution >= 0.6 is 35.3 Å². The molecule has 0 spiro atoms. The summed E-state index contributed by atoms with van der Waals surface area (Å²) in [6, 6.07) is 33.3. The van der Waals surface area contributed by atoms with Crippen molar-refractivity contribution in [3.8, 4) is 0 Å². The van der Waals surface area contributed by atoms with Gasteiger partial charge in [-0.05, 0) is 197 Å². The highest BCUT2D eigenvalue weighted by Gasteiger charge is 2.41. The second-order valence-corrected chi connectivity index (χ2v) is 62.8. The molecule has 4 rings (SSSR count). The molecule has 111 heavy (non-hydrogen) atoms. The highest BCUT2D eigenvalue weighted by molar-refractivity contribution is 8.14. The van der Waals surface area contributed by atoms with Crippen LogP contribution in [0.3, 0.4) is 0 Å². The Kier molecular flexibility index (Phi) is 57.7. The van der Waals surface area contributed by atoms with Crippen molar-refractivity contribution >= 4 is 120 Å². The Morgan fingerprint density at radius 2 is 0.820 bits per heavy atom. The lowest BCUT2D eigenvalue weighted by Crippen LogP contribution is -2.52. The molecule has 6 unspecified atom stereocenters. The molecule has 24 heteroatoms. The molecule has 6 atom stereocenters. The van der Waals surface area contributed by atoms with E-state index in [4.69, 9.17) is 42.1 Å². The maximum absolute atomic E-state index is 13.4. The third kappa shape index (κ3) is 56.8. The maximum atomic E-state index is 13.4. The Hall–Kier alpha value is -3.07. The van der Waals surface area contributed by atoms with Gasteiger partial charge in [-0.15, -0.1) is 0 Å². The Morgan fingerprint density at radius 3 is 1.16 bits per heavy atom. The molecule has 4 N–H and O–H groups in total. The number of esters is 3. The molecule has 0 saturated carbocycles. The molecule has 0 aliphatic carbocycles. The van der Waals surface area contributed by atoms with Crippen LogP contribution in [0.4, 0.5) is 0 Å². The summed E-state index contributed by atoms with van der Waals surface area (Å²) >= 11 is 5.25. The van der Waals surface area contributed by atoms with Gasteiger partial charge in [-0.1, -0.05) is 228 Å². The second kappa shape index (κ2) is 60.4. The van der Waals surface area contributed by atoms with Crippen LogP contribution < -0.4 is 11.5 Å². The number of unbranched alkanes of at least 4 members (excludes halogenated alkanes) is 9. The zero-order chi connectivity index (χ0) is 83.2. The first-order valence-electron chi connectivity index (χ1n) is 42.4. The number of hydrogen-bond acceptors (Lipinski definition) is 18. The van der Waals surface area contributed by atoms with Crippen LogP contribution in [0.1, 0.15) is 225 Å². The van der Waals surface area contributed by atoms with Gasteiger partial charge in [0.2, 0.25) is 0 Å². The Bertz CT molecular complexity index is 2950. The molecular formula is C87H156N2O13S3Si6. The van der Waals surface area contributed by atoms with Crippen LogP contribution in [-0.4, -0.2) is 125 Å². The van der Waals surface area contributed by atoms with E-state index in [2.05, 4.69) is 127 Å². The number of rotatable bonds is 58. The summed E-state index contributed by atoms with van der Waals surface area (Å²) in [5.74, 6) is 1.76. The molecule has 1 fully saturated rings. The zero-order valence-electron chi connectivity index (χ0n) is 72.8. The lowest BCUT2D eigenvalue weighted by atomic mass is 9.95. The van der Waals surface area contributed by atoms with Gasteiger partial charge in [0.1, 0.15) is 31.4 Å². The van der Waals surface area contributed by atoms with Crippen molar-refractivity contribution < 1.29 is 59.4 Å². The SMILES string of the molecule is C=CC(=O)OCc1ccccc1.CCCCCC1CC(C)C(=O)S1.CCCCCCC(CC(C)C(=O)CCCC[Si](C)(C)O[Si](C)(C)O[Si](C)(C)CCCCC(=O)C(C)CC(CCCCC)SCCC(=O)OCc1ccccc1)SCCC(=O)OCc1ccccc1.C[Si](C)(CCCN)O[Si](C)(C)O[Si](C)(C)CCCN. The molecule has 0 radical (unpaired) electrons. The van der Waals surface area contributed by atoms with E-state index in [0.29, 0.717) is 83.9 Å². The number of carbonyl (C=O) groups excluding carboxylic acids is 6. The molecule has 634 valence electrons. The Labute approximate surface area is 695 Å². The van der Waals surface area contributed by atoms with Gasteiger partial charge in [-0.2, -0.15) is 23.5 Å². The van der Waals surface area contributed by atoms with Crippen molar-refractivity contribution in [3.63, 3.8) is 0 Å². The van der Waals surface area contributed by atoms with Crippen LogP contribution in [0.5, 0.6) is 0 Å². The normalized spacial score (nSPS) is 15.1. The Morgan fingerprint density at radius 1 is 0.477 bits per heavy atom. The van der Waals surface area contributed by atoms with E-state index in [1.807, 2.05) is 115 Å². The molecule has 1 saturated heterocycles. The van der Waals surface area contributed by atoms with Gasteiger partial charge in [0, 0.05) is 63.9 Å². The minimum absolute atomic E-state index is 0.0106. The molecule has 0 aromatic heterocycles. The van der Waals surface area contributed by atoms with Crippen molar-refractivity contribution in [3.05, 3.63) is 120 Å². The van der Waals surface area contributed by atoms with Gasteiger partial charge >= 0.3 is 35.0 Å². The number of benzene rings is 3. The summed E-state index contributed by atoms with van der Waals surface area (Å²) < 4.78 is 42.6. The van der Waals surface area contributed by atoms with Gasteiger partial charge < -0.3 is 42.1 Å². The van der Waals surface area contributed by atoms with Crippen LogP contribution in [0.15, 0.2) is 104 Å². The van der Waals surface area contributed by atoms with Crippen molar-refractivity contribution in [1.82, 2.24) is 0 Å². The summed E-state index contributed by atoms with van der Waals surface area (Å²) in [7, 11) is -11.7. The van der Waals surface area contributed by atoms with Crippen LogP contribution in [-0.2, 0) is 79.3 Å².